The van der Waals surface area contributed by atoms with Gasteiger partial charge in [-0.05, 0) is 30.2 Å². The first-order valence-corrected chi connectivity index (χ1v) is 8.64. The van der Waals surface area contributed by atoms with Crippen LogP contribution >= 0.6 is 0 Å². The Balaban J connectivity index is 2.03. The van der Waals surface area contributed by atoms with Crippen LogP contribution in [0.2, 0.25) is 0 Å². The number of fused-ring (bicyclic) bond motifs is 1. The van der Waals surface area contributed by atoms with Crippen LogP contribution in [0.4, 0.5) is 0 Å². The summed E-state index contributed by atoms with van der Waals surface area (Å²) >= 11 is 0. The van der Waals surface area contributed by atoms with Gasteiger partial charge in [-0.2, -0.15) is 0 Å². The summed E-state index contributed by atoms with van der Waals surface area (Å²) in [6.45, 7) is 2.15. The molecule has 4 rings (SSSR count). The minimum atomic E-state index is -0.517. The Kier molecular flexibility index (Phi) is 3.92. The molecule has 0 spiro atoms. The molecule has 0 fully saturated rings. The summed E-state index contributed by atoms with van der Waals surface area (Å²) < 4.78 is 5.26. The molecular formula is C23H21NO2. The Morgan fingerprint density at radius 1 is 0.885 bits per heavy atom. The highest BCUT2D eigenvalue weighted by atomic mass is 16.5. The van der Waals surface area contributed by atoms with Gasteiger partial charge in [0.1, 0.15) is 11.5 Å². The third-order valence-corrected chi connectivity index (χ3v) is 5.22. The second kappa shape index (κ2) is 6.26. The van der Waals surface area contributed by atoms with Gasteiger partial charge in [0.2, 0.25) is 0 Å². The summed E-state index contributed by atoms with van der Waals surface area (Å²) in [7, 11) is 1.60. The molecule has 2 N–H and O–H groups in total. The van der Waals surface area contributed by atoms with Gasteiger partial charge in [-0.25, -0.2) is 0 Å². The Labute approximate surface area is 152 Å². The molecule has 4 aromatic rings. The van der Waals surface area contributed by atoms with Gasteiger partial charge >= 0.3 is 0 Å². The zero-order valence-electron chi connectivity index (χ0n) is 14.9. The molecule has 0 aliphatic rings. The standard InChI is InChI=1S/C23H21NO2/c1-23(16-8-4-3-5-9-16,19-13-12-17(26-2)14-22(19)25)20-15-24-21-11-7-6-10-18(20)21/h3-15,24-25H,1-2H3/t23-/m0/s1. The third-order valence-electron chi connectivity index (χ3n) is 5.22. The van der Waals surface area contributed by atoms with Gasteiger partial charge in [0.05, 0.1) is 7.11 Å². The summed E-state index contributed by atoms with van der Waals surface area (Å²) in [6, 6.07) is 24.0. The largest absolute Gasteiger partial charge is 0.507 e. The van der Waals surface area contributed by atoms with E-state index in [2.05, 4.69) is 36.2 Å². The fourth-order valence-electron chi connectivity index (χ4n) is 3.77. The number of aromatic amines is 1. The number of ether oxygens (including phenoxy) is 1. The minimum Gasteiger partial charge on any atom is -0.507 e. The number of para-hydroxylation sites is 1. The van der Waals surface area contributed by atoms with Crippen molar-refractivity contribution in [3.8, 4) is 11.5 Å². The number of aromatic nitrogens is 1. The lowest BCUT2D eigenvalue weighted by molar-refractivity contribution is 0.404. The molecule has 130 valence electrons. The zero-order chi connectivity index (χ0) is 18.1. The highest BCUT2D eigenvalue weighted by Crippen LogP contribution is 2.45. The SMILES string of the molecule is COc1ccc([C@](C)(c2ccccc2)c2c[nH]c3ccccc23)c(O)c1. The average Bonchev–Trinajstić information content (AvgIpc) is 3.12. The highest BCUT2D eigenvalue weighted by Gasteiger charge is 2.35. The summed E-state index contributed by atoms with van der Waals surface area (Å²) in [5.74, 6) is 0.863. The van der Waals surface area contributed by atoms with Crippen LogP contribution in [0.1, 0.15) is 23.6 Å². The normalized spacial score (nSPS) is 13.5. The van der Waals surface area contributed by atoms with Crippen molar-refractivity contribution in [2.45, 2.75) is 12.3 Å². The molecule has 1 aromatic heterocycles. The van der Waals surface area contributed by atoms with Gasteiger partial charge in [-0.1, -0.05) is 54.6 Å². The predicted molar refractivity (Wildman–Crippen MR) is 105 cm³/mol. The van der Waals surface area contributed by atoms with Crippen LogP contribution in [0.3, 0.4) is 0 Å². The van der Waals surface area contributed by atoms with Gasteiger partial charge in [0.15, 0.2) is 0 Å². The number of H-pyrrole nitrogens is 1. The van der Waals surface area contributed by atoms with Gasteiger partial charge in [0, 0.05) is 34.1 Å². The fraction of sp³-hybridized carbons (Fsp3) is 0.130. The van der Waals surface area contributed by atoms with Crippen molar-refractivity contribution in [2.75, 3.05) is 7.11 Å². The van der Waals surface area contributed by atoms with E-state index in [1.807, 2.05) is 48.7 Å². The molecule has 1 heterocycles. The Bertz CT molecular complexity index is 1050. The van der Waals surface area contributed by atoms with E-state index in [0.717, 1.165) is 27.6 Å². The fourth-order valence-corrected chi connectivity index (χ4v) is 3.77. The van der Waals surface area contributed by atoms with Gasteiger partial charge in [-0.3, -0.25) is 0 Å². The van der Waals surface area contributed by atoms with Crippen LogP contribution in [0.25, 0.3) is 10.9 Å². The van der Waals surface area contributed by atoms with E-state index in [1.54, 1.807) is 13.2 Å². The molecule has 0 amide bonds. The molecule has 0 unspecified atom stereocenters. The predicted octanol–water partition coefficient (Wildman–Crippen LogP) is 5.24. The lowest BCUT2D eigenvalue weighted by Crippen LogP contribution is -2.25. The third kappa shape index (κ3) is 2.44. The van der Waals surface area contributed by atoms with Crippen molar-refractivity contribution in [1.29, 1.82) is 0 Å². The smallest absolute Gasteiger partial charge is 0.123 e. The maximum atomic E-state index is 10.8. The number of hydrogen-bond donors (Lipinski definition) is 2. The van der Waals surface area contributed by atoms with E-state index in [4.69, 9.17) is 4.74 Å². The van der Waals surface area contributed by atoms with E-state index in [0.29, 0.717) is 5.75 Å². The first kappa shape index (κ1) is 16.3. The summed E-state index contributed by atoms with van der Waals surface area (Å²) in [6.07, 6.45) is 2.04. The van der Waals surface area contributed by atoms with E-state index < -0.39 is 5.41 Å². The van der Waals surface area contributed by atoms with Gasteiger partial charge < -0.3 is 14.8 Å². The topological polar surface area (TPSA) is 45.2 Å². The Morgan fingerprint density at radius 2 is 1.62 bits per heavy atom. The number of aromatic hydroxyl groups is 1. The van der Waals surface area contributed by atoms with Crippen LogP contribution in [-0.2, 0) is 5.41 Å². The monoisotopic (exact) mass is 343 g/mol. The summed E-state index contributed by atoms with van der Waals surface area (Å²) in [5, 5.41) is 11.9. The molecule has 0 saturated carbocycles. The first-order valence-electron chi connectivity index (χ1n) is 8.64. The van der Waals surface area contributed by atoms with E-state index >= 15 is 0 Å². The van der Waals surface area contributed by atoms with Crippen molar-refractivity contribution in [3.63, 3.8) is 0 Å². The molecule has 0 saturated heterocycles. The zero-order valence-corrected chi connectivity index (χ0v) is 14.9. The maximum Gasteiger partial charge on any atom is 0.123 e. The maximum absolute atomic E-state index is 10.8. The van der Waals surface area contributed by atoms with Crippen molar-refractivity contribution in [1.82, 2.24) is 4.98 Å². The van der Waals surface area contributed by atoms with Crippen LogP contribution < -0.4 is 4.74 Å². The average molecular weight is 343 g/mol. The number of benzene rings is 3. The van der Waals surface area contributed by atoms with Gasteiger partial charge in [-0.15, -0.1) is 0 Å². The quantitative estimate of drug-likeness (QED) is 0.532. The number of phenolic OH excluding ortho intramolecular Hbond substituents is 1. The molecule has 0 aliphatic heterocycles. The molecule has 3 nitrogen and oxygen atoms in total. The number of rotatable bonds is 4. The molecule has 3 heteroatoms. The number of nitrogens with one attached hydrogen (secondary N) is 1. The number of methoxy groups -OCH3 is 1. The lowest BCUT2D eigenvalue weighted by atomic mass is 9.70. The van der Waals surface area contributed by atoms with Crippen molar-refractivity contribution in [2.24, 2.45) is 0 Å². The molecule has 0 radical (unpaired) electrons. The van der Waals surface area contributed by atoms with E-state index in [-0.39, 0.29) is 5.75 Å². The van der Waals surface area contributed by atoms with Crippen molar-refractivity contribution >= 4 is 10.9 Å². The number of phenols is 1. The molecule has 0 bridgehead atoms. The van der Waals surface area contributed by atoms with E-state index in [1.165, 1.54) is 0 Å². The molecular weight excluding hydrogens is 322 g/mol. The molecule has 3 aromatic carbocycles. The minimum absolute atomic E-state index is 0.223. The van der Waals surface area contributed by atoms with Crippen LogP contribution in [-0.4, -0.2) is 17.2 Å². The second-order valence-electron chi connectivity index (χ2n) is 6.62. The van der Waals surface area contributed by atoms with Crippen LogP contribution in [0, 0.1) is 0 Å². The number of hydrogen-bond acceptors (Lipinski definition) is 2. The molecule has 26 heavy (non-hydrogen) atoms. The highest BCUT2D eigenvalue weighted by molar-refractivity contribution is 5.86. The van der Waals surface area contributed by atoms with Crippen molar-refractivity contribution in [3.05, 3.63) is 95.7 Å². The summed E-state index contributed by atoms with van der Waals surface area (Å²) in [4.78, 5) is 3.37. The van der Waals surface area contributed by atoms with Crippen LogP contribution in [0.15, 0.2) is 79.0 Å². The molecule has 0 aliphatic carbocycles. The second-order valence-corrected chi connectivity index (χ2v) is 6.62. The lowest BCUT2D eigenvalue weighted by Gasteiger charge is -2.32. The Morgan fingerprint density at radius 3 is 2.35 bits per heavy atom. The molecule has 1 atom stereocenters. The van der Waals surface area contributed by atoms with Crippen LogP contribution in [0.5, 0.6) is 11.5 Å². The van der Waals surface area contributed by atoms with E-state index in [9.17, 15) is 5.11 Å². The Hall–Kier alpha value is -3.20. The van der Waals surface area contributed by atoms with Gasteiger partial charge in [0.25, 0.3) is 0 Å². The first-order chi connectivity index (χ1) is 12.6. The van der Waals surface area contributed by atoms with Crippen molar-refractivity contribution < 1.29 is 9.84 Å². The summed E-state index contributed by atoms with van der Waals surface area (Å²) in [5.41, 5.74) is 3.65.